The van der Waals surface area contributed by atoms with Crippen molar-refractivity contribution in [1.82, 2.24) is 9.80 Å². The first-order chi connectivity index (χ1) is 12.5. The molecule has 0 bridgehead atoms. The zero-order chi connectivity index (χ0) is 18.7. The lowest BCUT2D eigenvalue weighted by Crippen LogP contribution is -2.48. The van der Waals surface area contributed by atoms with Crippen LogP contribution < -0.4 is 0 Å². The summed E-state index contributed by atoms with van der Waals surface area (Å²) in [5, 5.41) is 11.8. The number of nitro groups is 1. The summed E-state index contributed by atoms with van der Waals surface area (Å²) in [4.78, 5) is 27.4. The fourth-order valence-corrected chi connectivity index (χ4v) is 3.31. The molecule has 3 rings (SSSR count). The van der Waals surface area contributed by atoms with Crippen LogP contribution in [0.1, 0.15) is 21.5 Å². The summed E-state index contributed by atoms with van der Waals surface area (Å²) in [6.07, 6.45) is 0. The van der Waals surface area contributed by atoms with Crippen molar-refractivity contribution in [2.45, 2.75) is 13.5 Å². The molecular formula is C19H20ClN3O3. The van der Waals surface area contributed by atoms with E-state index < -0.39 is 4.92 Å². The lowest BCUT2D eigenvalue weighted by Gasteiger charge is -2.35. The third-order valence-electron chi connectivity index (χ3n) is 4.71. The molecule has 1 saturated heterocycles. The van der Waals surface area contributed by atoms with Gasteiger partial charge in [0.15, 0.2) is 0 Å². The maximum absolute atomic E-state index is 12.8. The molecule has 6 nitrogen and oxygen atoms in total. The van der Waals surface area contributed by atoms with Gasteiger partial charge in [-0.3, -0.25) is 19.8 Å². The highest BCUT2D eigenvalue weighted by Crippen LogP contribution is 2.23. The predicted molar refractivity (Wildman–Crippen MR) is 100 cm³/mol. The summed E-state index contributed by atoms with van der Waals surface area (Å²) < 4.78 is 0. The Morgan fingerprint density at radius 3 is 2.38 bits per heavy atom. The first-order valence-electron chi connectivity index (χ1n) is 8.46. The molecule has 0 radical (unpaired) electrons. The highest BCUT2D eigenvalue weighted by molar-refractivity contribution is 6.30. The first-order valence-corrected chi connectivity index (χ1v) is 8.83. The van der Waals surface area contributed by atoms with Crippen LogP contribution in [-0.4, -0.2) is 46.8 Å². The molecule has 0 atom stereocenters. The molecule has 0 aliphatic carbocycles. The van der Waals surface area contributed by atoms with Gasteiger partial charge in [0.25, 0.3) is 11.6 Å². The van der Waals surface area contributed by atoms with E-state index in [-0.39, 0.29) is 11.6 Å². The lowest BCUT2D eigenvalue weighted by atomic mass is 10.1. The molecule has 1 aliphatic rings. The third kappa shape index (κ3) is 4.03. The second-order valence-corrected chi connectivity index (χ2v) is 6.84. The number of hydrogen-bond donors (Lipinski definition) is 0. The van der Waals surface area contributed by atoms with E-state index in [0.29, 0.717) is 24.2 Å². The van der Waals surface area contributed by atoms with E-state index in [0.717, 1.165) is 24.7 Å². The van der Waals surface area contributed by atoms with E-state index in [2.05, 4.69) is 4.90 Å². The molecule has 2 aromatic carbocycles. The molecule has 0 unspecified atom stereocenters. The van der Waals surface area contributed by atoms with Crippen LogP contribution in [0.25, 0.3) is 0 Å². The Morgan fingerprint density at radius 2 is 1.77 bits per heavy atom. The Morgan fingerprint density at radius 1 is 1.12 bits per heavy atom. The fourth-order valence-electron chi connectivity index (χ4n) is 3.18. The van der Waals surface area contributed by atoms with Crippen molar-refractivity contribution in [1.29, 1.82) is 0 Å². The molecule has 26 heavy (non-hydrogen) atoms. The van der Waals surface area contributed by atoms with Crippen molar-refractivity contribution in [2.24, 2.45) is 0 Å². The highest BCUT2D eigenvalue weighted by Gasteiger charge is 2.25. The van der Waals surface area contributed by atoms with Gasteiger partial charge < -0.3 is 4.90 Å². The van der Waals surface area contributed by atoms with Gasteiger partial charge in [0.2, 0.25) is 0 Å². The molecule has 0 saturated carbocycles. The average molecular weight is 374 g/mol. The van der Waals surface area contributed by atoms with Crippen molar-refractivity contribution in [3.63, 3.8) is 0 Å². The van der Waals surface area contributed by atoms with Crippen LogP contribution in [0.2, 0.25) is 5.02 Å². The van der Waals surface area contributed by atoms with E-state index in [9.17, 15) is 14.9 Å². The number of benzene rings is 2. The second-order valence-electron chi connectivity index (χ2n) is 6.40. The zero-order valence-corrected chi connectivity index (χ0v) is 15.3. The van der Waals surface area contributed by atoms with Crippen molar-refractivity contribution in [3.8, 4) is 0 Å². The molecule has 2 aromatic rings. The number of nitrogens with zero attached hydrogens (tertiary/aromatic N) is 3. The molecule has 0 aromatic heterocycles. The molecule has 1 heterocycles. The van der Waals surface area contributed by atoms with Crippen molar-refractivity contribution in [2.75, 3.05) is 26.2 Å². The number of rotatable bonds is 4. The standard InChI is InChI=1S/C19H20ClN3O3/c1-14-17(3-2-4-18(14)23(25)26)19(24)22-11-9-21(10-12-22)13-15-5-7-16(20)8-6-15/h2-8H,9-13H2,1H3. The SMILES string of the molecule is Cc1c(C(=O)N2CCN(Cc3ccc(Cl)cc3)CC2)cccc1[N+](=O)[O-]. The third-order valence-corrected chi connectivity index (χ3v) is 4.96. The minimum Gasteiger partial charge on any atom is -0.336 e. The number of hydrogen-bond acceptors (Lipinski definition) is 4. The van der Waals surface area contributed by atoms with E-state index in [1.54, 1.807) is 24.0 Å². The van der Waals surface area contributed by atoms with Gasteiger partial charge in [0, 0.05) is 54.9 Å². The van der Waals surface area contributed by atoms with Gasteiger partial charge in [0.1, 0.15) is 0 Å². The number of amides is 1. The molecule has 1 amide bonds. The van der Waals surface area contributed by atoms with Gasteiger partial charge in [0.05, 0.1) is 4.92 Å². The van der Waals surface area contributed by atoms with E-state index in [1.807, 2.05) is 24.3 Å². The van der Waals surface area contributed by atoms with Gasteiger partial charge in [-0.1, -0.05) is 29.8 Å². The Bertz CT molecular complexity index is 815. The molecule has 1 aliphatic heterocycles. The van der Waals surface area contributed by atoms with Crippen LogP contribution in [0.15, 0.2) is 42.5 Å². The second kappa shape index (κ2) is 7.85. The van der Waals surface area contributed by atoms with Crippen LogP contribution in [-0.2, 0) is 6.54 Å². The monoisotopic (exact) mass is 373 g/mol. The van der Waals surface area contributed by atoms with E-state index in [4.69, 9.17) is 11.6 Å². The van der Waals surface area contributed by atoms with Crippen molar-refractivity contribution < 1.29 is 9.72 Å². The maximum Gasteiger partial charge on any atom is 0.273 e. The molecule has 0 N–H and O–H groups in total. The summed E-state index contributed by atoms with van der Waals surface area (Å²) in [5.74, 6) is -0.141. The summed E-state index contributed by atoms with van der Waals surface area (Å²) in [6.45, 7) is 5.19. The van der Waals surface area contributed by atoms with Gasteiger partial charge in [-0.2, -0.15) is 0 Å². The Kier molecular flexibility index (Phi) is 5.54. The zero-order valence-electron chi connectivity index (χ0n) is 14.5. The number of carbonyl (C=O) groups excluding carboxylic acids is 1. The Balaban J connectivity index is 1.63. The van der Waals surface area contributed by atoms with Gasteiger partial charge in [-0.05, 0) is 30.7 Å². The molecule has 7 heteroatoms. The Hall–Kier alpha value is -2.44. The number of piperazine rings is 1. The quantitative estimate of drug-likeness (QED) is 0.607. The minimum absolute atomic E-state index is 0.0165. The highest BCUT2D eigenvalue weighted by atomic mass is 35.5. The molecular weight excluding hydrogens is 354 g/mol. The summed E-state index contributed by atoms with van der Waals surface area (Å²) in [7, 11) is 0. The van der Waals surface area contributed by atoms with Crippen LogP contribution in [0.4, 0.5) is 5.69 Å². The van der Waals surface area contributed by atoms with Crippen LogP contribution >= 0.6 is 11.6 Å². The van der Waals surface area contributed by atoms with Crippen molar-refractivity contribution in [3.05, 3.63) is 74.3 Å². The summed E-state index contributed by atoms with van der Waals surface area (Å²) in [6, 6.07) is 12.4. The number of carbonyl (C=O) groups is 1. The van der Waals surface area contributed by atoms with Crippen LogP contribution in [0, 0.1) is 17.0 Å². The van der Waals surface area contributed by atoms with E-state index >= 15 is 0 Å². The normalized spacial score (nSPS) is 15.1. The molecule has 136 valence electrons. The average Bonchev–Trinajstić information content (AvgIpc) is 2.64. The summed E-state index contributed by atoms with van der Waals surface area (Å²) in [5.41, 5.74) is 2.00. The number of halogens is 1. The summed E-state index contributed by atoms with van der Waals surface area (Å²) >= 11 is 5.91. The molecule has 0 spiro atoms. The first kappa shape index (κ1) is 18.4. The lowest BCUT2D eigenvalue weighted by molar-refractivity contribution is -0.385. The minimum atomic E-state index is -0.448. The van der Waals surface area contributed by atoms with Crippen LogP contribution in [0.5, 0.6) is 0 Å². The molecule has 1 fully saturated rings. The van der Waals surface area contributed by atoms with Gasteiger partial charge in [-0.15, -0.1) is 0 Å². The van der Waals surface area contributed by atoms with Crippen molar-refractivity contribution >= 4 is 23.2 Å². The van der Waals surface area contributed by atoms with E-state index in [1.165, 1.54) is 11.6 Å². The smallest absolute Gasteiger partial charge is 0.273 e. The fraction of sp³-hybridized carbons (Fsp3) is 0.316. The van der Waals surface area contributed by atoms with Gasteiger partial charge in [-0.25, -0.2) is 0 Å². The number of nitro benzene ring substituents is 1. The largest absolute Gasteiger partial charge is 0.336 e. The predicted octanol–water partition coefficient (Wildman–Crippen LogP) is 3.51. The maximum atomic E-state index is 12.8. The Labute approximate surface area is 157 Å². The van der Waals surface area contributed by atoms with Crippen LogP contribution in [0.3, 0.4) is 0 Å². The topological polar surface area (TPSA) is 66.7 Å². The van der Waals surface area contributed by atoms with Gasteiger partial charge >= 0.3 is 0 Å².